The highest BCUT2D eigenvalue weighted by Gasteiger charge is 2.13. The third kappa shape index (κ3) is 2.15. The Morgan fingerprint density at radius 3 is 3.00 bits per heavy atom. The van der Waals surface area contributed by atoms with Crippen molar-refractivity contribution in [2.45, 2.75) is 12.5 Å². The van der Waals surface area contributed by atoms with E-state index in [1.165, 1.54) is 0 Å². The smallest absolute Gasteiger partial charge is 0.219 e. The predicted octanol–water partition coefficient (Wildman–Crippen LogP) is 1.09. The normalized spacial score (nSPS) is 12.9. The maximum atomic E-state index is 10.7. The number of hydrogen-bond donors (Lipinski definition) is 3. The summed E-state index contributed by atoms with van der Waals surface area (Å²) in [6.45, 7) is 0. The van der Waals surface area contributed by atoms with Crippen molar-refractivity contribution in [3.05, 3.63) is 29.0 Å². The summed E-state index contributed by atoms with van der Waals surface area (Å²) in [6.07, 6.45) is 0.0630. The monoisotopic (exact) mass is 238 g/mol. The van der Waals surface area contributed by atoms with Crippen LogP contribution in [0.1, 0.15) is 18.3 Å². The van der Waals surface area contributed by atoms with E-state index in [0.29, 0.717) is 10.8 Å². The number of benzene rings is 1. The molecule has 1 amide bonds. The second-order valence-corrected chi connectivity index (χ2v) is 4.00. The van der Waals surface area contributed by atoms with Crippen LogP contribution in [0.4, 0.5) is 0 Å². The van der Waals surface area contributed by atoms with Gasteiger partial charge in [0.25, 0.3) is 0 Å². The molecule has 1 aromatic carbocycles. The van der Waals surface area contributed by atoms with Crippen LogP contribution in [-0.2, 0) is 4.79 Å². The molecule has 1 atom stereocenters. The van der Waals surface area contributed by atoms with Crippen molar-refractivity contribution in [1.29, 1.82) is 0 Å². The molecule has 6 heteroatoms. The number of halogens is 1. The van der Waals surface area contributed by atoms with E-state index in [9.17, 15) is 4.79 Å². The molecule has 0 radical (unpaired) electrons. The van der Waals surface area contributed by atoms with Crippen molar-refractivity contribution in [3.8, 4) is 0 Å². The fraction of sp³-hybridized carbons (Fsp3) is 0.200. The summed E-state index contributed by atoms with van der Waals surface area (Å²) in [6, 6.07) is 4.77. The first-order valence-electron chi connectivity index (χ1n) is 4.75. The number of aromatic amines is 1. The number of hydrogen-bond acceptors (Lipinski definition) is 3. The van der Waals surface area contributed by atoms with Crippen molar-refractivity contribution in [3.63, 3.8) is 0 Å². The average Bonchev–Trinajstić information content (AvgIpc) is 2.59. The molecule has 5 N–H and O–H groups in total. The van der Waals surface area contributed by atoms with E-state index >= 15 is 0 Å². The zero-order chi connectivity index (χ0) is 11.7. The molecule has 0 spiro atoms. The zero-order valence-corrected chi connectivity index (χ0v) is 9.16. The molecule has 0 fully saturated rings. The molecule has 1 aromatic heterocycles. The Kier molecular flexibility index (Phi) is 2.80. The second kappa shape index (κ2) is 4.11. The van der Waals surface area contributed by atoms with Gasteiger partial charge in [-0.15, -0.1) is 0 Å². The van der Waals surface area contributed by atoms with Gasteiger partial charge in [0.15, 0.2) is 0 Å². The predicted molar refractivity (Wildman–Crippen MR) is 61.8 cm³/mol. The van der Waals surface area contributed by atoms with E-state index in [-0.39, 0.29) is 6.42 Å². The molecule has 0 aliphatic carbocycles. The molecule has 1 unspecified atom stereocenters. The summed E-state index contributed by atoms with van der Waals surface area (Å²) in [5, 5.41) is 0.617. The lowest BCUT2D eigenvalue weighted by molar-refractivity contribution is -0.118. The first-order chi connectivity index (χ1) is 7.56. The standard InChI is InChI=1S/C10H11ClN4O/c11-5-1-2-7-8(3-5)15-10(14-7)6(12)4-9(13)16/h1-3,6H,4,12H2,(H2,13,16)(H,14,15). The number of carbonyl (C=O) groups excluding carboxylic acids is 1. The van der Waals surface area contributed by atoms with Crippen LogP contribution < -0.4 is 11.5 Å². The molecule has 0 saturated heterocycles. The number of amides is 1. The second-order valence-electron chi connectivity index (χ2n) is 3.56. The third-order valence-electron chi connectivity index (χ3n) is 2.23. The summed E-state index contributed by atoms with van der Waals surface area (Å²) < 4.78 is 0. The number of carbonyl (C=O) groups is 1. The zero-order valence-electron chi connectivity index (χ0n) is 8.40. The highest BCUT2D eigenvalue weighted by molar-refractivity contribution is 6.31. The minimum atomic E-state index is -0.510. The quantitative estimate of drug-likeness (QED) is 0.747. The molecular weight excluding hydrogens is 228 g/mol. The van der Waals surface area contributed by atoms with Crippen LogP contribution in [-0.4, -0.2) is 15.9 Å². The number of rotatable bonds is 3. The highest BCUT2D eigenvalue weighted by Crippen LogP contribution is 2.20. The van der Waals surface area contributed by atoms with E-state index in [4.69, 9.17) is 23.1 Å². The first-order valence-corrected chi connectivity index (χ1v) is 5.13. The van der Waals surface area contributed by atoms with Gasteiger partial charge in [-0.1, -0.05) is 11.6 Å². The Labute approximate surface area is 96.8 Å². The lowest BCUT2D eigenvalue weighted by atomic mass is 10.2. The summed E-state index contributed by atoms with van der Waals surface area (Å²) in [5.74, 6) is 0.0852. The van der Waals surface area contributed by atoms with Crippen molar-refractivity contribution in [2.75, 3.05) is 0 Å². The van der Waals surface area contributed by atoms with Crippen LogP contribution in [0.3, 0.4) is 0 Å². The van der Waals surface area contributed by atoms with Crippen LogP contribution in [0.5, 0.6) is 0 Å². The molecule has 0 aliphatic rings. The number of aromatic nitrogens is 2. The van der Waals surface area contributed by atoms with Crippen LogP contribution in [0, 0.1) is 0 Å². The Morgan fingerprint density at radius 1 is 1.56 bits per heavy atom. The molecule has 1 heterocycles. The van der Waals surface area contributed by atoms with Gasteiger partial charge in [0.1, 0.15) is 5.82 Å². The van der Waals surface area contributed by atoms with Crippen LogP contribution in [0.25, 0.3) is 11.0 Å². The molecule has 5 nitrogen and oxygen atoms in total. The highest BCUT2D eigenvalue weighted by atomic mass is 35.5. The molecule has 2 aromatic rings. The molecule has 0 aliphatic heterocycles. The first kappa shape index (κ1) is 10.9. The molecule has 84 valence electrons. The molecule has 0 saturated carbocycles. The number of fused-ring (bicyclic) bond motifs is 1. The van der Waals surface area contributed by atoms with Crippen LogP contribution in [0.2, 0.25) is 5.02 Å². The molecule has 16 heavy (non-hydrogen) atoms. The van der Waals surface area contributed by atoms with Crippen molar-refractivity contribution in [2.24, 2.45) is 11.5 Å². The number of imidazole rings is 1. The molecular formula is C10H11ClN4O. The minimum Gasteiger partial charge on any atom is -0.370 e. The van der Waals surface area contributed by atoms with E-state index in [1.807, 2.05) is 0 Å². The fourth-order valence-corrected chi connectivity index (χ4v) is 1.66. The lowest BCUT2D eigenvalue weighted by Crippen LogP contribution is -2.21. The SMILES string of the molecule is NC(=O)CC(N)c1nc2ccc(Cl)cc2[nH]1. The Bertz CT molecular complexity index is 537. The summed E-state index contributed by atoms with van der Waals surface area (Å²) in [7, 11) is 0. The Hall–Kier alpha value is -1.59. The van der Waals surface area contributed by atoms with Crippen molar-refractivity contribution < 1.29 is 4.79 Å². The number of primary amides is 1. The van der Waals surface area contributed by atoms with Gasteiger partial charge < -0.3 is 16.5 Å². The Balaban J connectivity index is 2.35. The van der Waals surface area contributed by atoms with Crippen LogP contribution in [0.15, 0.2) is 18.2 Å². The van der Waals surface area contributed by atoms with Gasteiger partial charge in [0.2, 0.25) is 5.91 Å². The fourth-order valence-electron chi connectivity index (χ4n) is 1.49. The summed E-state index contributed by atoms with van der Waals surface area (Å²) in [5.41, 5.74) is 12.4. The maximum Gasteiger partial charge on any atom is 0.219 e. The topological polar surface area (TPSA) is 97.8 Å². The van der Waals surface area contributed by atoms with Crippen molar-refractivity contribution in [1.82, 2.24) is 9.97 Å². The van der Waals surface area contributed by atoms with Gasteiger partial charge in [0, 0.05) is 11.4 Å². The van der Waals surface area contributed by atoms with E-state index < -0.39 is 11.9 Å². The van der Waals surface area contributed by atoms with Gasteiger partial charge in [-0.05, 0) is 18.2 Å². The van der Waals surface area contributed by atoms with Crippen molar-refractivity contribution >= 4 is 28.5 Å². The van der Waals surface area contributed by atoms with Crippen LogP contribution >= 0.6 is 11.6 Å². The lowest BCUT2D eigenvalue weighted by Gasteiger charge is -2.04. The molecule has 2 rings (SSSR count). The van der Waals surface area contributed by atoms with E-state index in [2.05, 4.69) is 9.97 Å². The molecule has 0 bridgehead atoms. The number of nitrogens with two attached hydrogens (primary N) is 2. The van der Waals surface area contributed by atoms with Gasteiger partial charge >= 0.3 is 0 Å². The number of nitrogens with one attached hydrogen (secondary N) is 1. The maximum absolute atomic E-state index is 10.7. The summed E-state index contributed by atoms with van der Waals surface area (Å²) >= 11 is 5.84. The minimum absolute atomic E-state index is 0.0630. The number of H-pyrrole nitrogens is 1. The van der Waals surface area contributed by atoms with Gasteiger partial charge in [0.05, 0.1) is 17.1 Å². The largest absolute Gasteiger partial charge is 0.370 e. The van der Waals surface area contributed by atoms with Gasteiger partial charge in [-0.25, -0.2) is 4.98 Å². The van der Waals surface area contributed by atoms with Gasteiger partial charge in [-0.2, -0.15) is 0 Å². The summed E-state index contributed by atoms with van der Waals surface area (Å²) in [4.78, 5) is 18.0. The van der Waals surface area contributed by atoms with E-state index in [0.717, 1.165) is 11.0 Å². The third-order valence-corrected chi connectivity index (χ3v) is 2.47. The number of nitrogens with zero attached hydrogens (tertiary/aromatic N) is 1. The Morgan fingerprint density at radius 2 is 2.31 bits per heavy atom. The van der Waals surface area contributed by atoms with Gasteiger partial charge in [-0.3, -0.25) is 4.79 Å². The average molecular weight is 239 g/mol. The van der Waals surface area contributed by atoms with E-state index in [1.54, 1.807) is 18.2 Å².